The number of halogens is 3. The number of aliphatic hydroxyl groups is 1. The standard InChI is InChI=1S/C28H34N4O2.C2HF3O2/c1-20-30-26(28(34)31-17-16-29-19-23(31)18-21-10-4-2-5-11-21)27(22-12-6-3-7-13-22)32(20)24-14-8-9-15-25(24)33;3-2(4,5)1(6)7/h2-7,10-13,23-25,29,33H,8-9,14-19H2,1H3;(H,6,7)/t23-,24-,25-;/m1./s1. The number of carboxylic acids is 1. The van der Waals surface area contributed by atoms with E-state index in [1.165, 1.54) is 5.56 Å². The second-order valence-corrected chi connectivity index (χ2v) is 10.4. The van der Waals surface area contributed by atoms with Crippen molar-refractivity contribution in [3.8, 4) is 11.3 Å². The number of amides is 1. The second kappa shape index (κ2) is 13.3. The third-order valence-electron chi connectivity index (χ3n) is 7.53. The van der Waals surface area contributed by atoms with Crippen molar-refractivity contribution in [2.75, 3.05) is 19.6 Å². The van der Waals surface area contributed by atoms with E-state index in [1.807, 2.05) is 60.4 Å². The van der Waals surface area contributed by atoms with Gasteiger partial charge in [-0.15, -0.1) is 0 Å². The van der Waals surface area contributed by atoms with Gasteiger partial charge in [-0.2, -0.15) is 13.2 Å². The first kappa shape index (κ1) is 30.3. The Hall–Kier alpha value is -3.70. The van der Waals surface area contributed by atoms with Gasteiger partial charge in [-0.05, 0) is 31.7 Å². The van der Waals surface area contributed by atoms with Crippen molar-refractivity contribution in [2.45, 2.75) is 63.4 Å². The molecule has 3 aromatic rings. The molecule has 1 saturated heterocycles. The van der Waals surface area contributed by atoms with Crippen molar-refractivity contribution in [2.24, 2.45) is 0 Å². The van der Waals surface area contributed by atoms with Gasteiger partial charge in [0, 0.05) is 31.2 Å². The van der Waals surface area contributed by atoms with Crippen LogP contribution in [-0.4, -0.2) is 74.5 Å². The number of carboxylic acid groups (broad SMARTS) is 1. The maximum atomic E-state index is 14.1. The normalized spacial score (nSPS) is 21.1. The molecule has 1 aliphatic carbocycles. The van der Waals surface area contributed by atoms with Crippen LogP contribution in [0.5, 0.6) is 0 Å². The van der Waals surface area contributed by atoms with E-state index in [9.17, 15) is 23.1 Å². The summed E-state index contributed by atoms with van der Waals surface area (Å²) in [7, 11) is 0. The van der Waals surface area contributed by atoms with Gasteiger partial charge < -0.3 is 25.0 Å². The average molecular weight is 573 g/mol. The minimum Gasteiger partial charge on any atom is -0.475 e. The molecule has 0 radical (unpaired) electrons. The molecule has 1 amide bonds. The van der Waals surface area contributed by atoms with Crippen molar-refractivity contribution < 1.29 is 33.0 Å². The molecule has 0 spiro atoms. The predicted octanol–water partition coefficient (Wildman–Crippen LogP) is 4.62. The summed E-state index contributed by atoms with van der Waals surface area (Å²) in [6.07, 6.45) is -0.890. The maximum Gasteiger partial charge on any atom is 0.490 e. The summed E-state index contributed by atoms with van der Waals surface area (Å²) in [4.78, 5) is 29.8. The number of imidazole rings is 1. The fourth-order valence-electron chi connectivity index (χ4n) is 5.60. The lowest BCUT2D eigenvalue weighted by Crippen LogP contribution is -2.54. The van der Waals surface area contributed by atoms with E-state index in [4.69, 9.17) is 14.9 Å². The summed E-state index contributed by atoms with van der Waals surface area (Å²) in [6, 6.07) is 20.4. The number of aryl methyl sites for hydroxylation is 1. The summed E-state index contributed by atoms with van der Waals surface area (Å²) in [5, 5.41) is 21.5. The third kappa shape index (κ3) is 7.34. The number of hydrogen-bond donors (Lipinski definition) is 3. The summed E-state index contributed by atoms with van der Waals surface area (Å²) in [5.74, 6) is -1.98. The highest BCUT2D eigenvalue weighted by molar-refractivity contribution is 5.99. The second-order valence-electron chi connectivity index (χ2n) is 10.4. The number of hydrogen-bond acceptors (Lipinski definition) is 5. The molecule has 8 nitrogen and oxygen atoms in total. The number of nitrogens with zero attached hydrogens (tertiary/aromatic N) is 3. The monoisotopic (exact) mass is 572 g/mol. The van der Waals surface area contributed by atoms with Gasteiger partial charge >= 0.3 is 12.1 Å². The van der Waals surface area contributed by atoms with E-state index in [0.29, 0.717) is 12.2 Å². The summed E-state index contributed by atoms with van der Waals surface area (Å²) in [5.41, 5.74) is 3.54. The van der Waals surface area contributed by atoms with Gasteiger partial charge in [0.05, 0.1) is 17.8 Å². The third-order valence-corrected chi connectivity index (χ3v) is 7.53. The number of aliphatic hydroxyl groups excluding tert-OH is 1. The Balaban J connectivity index is 0.000000493. The lowest BCUT2D eigenvalue weighted by Gasteiger charge is -2.36. The largest absolute Gasteiger partial charge is 0.490 e. The molecule has 1 aromatic heterocycles. The van der Waals surface area contributed by atoms with Crippen LogP contribution in [0.25, 0.3) is 11.3 Å². The molecule has 2 fully saturated rings. The van der Waals surface area contributed by atoms with Crippen molar-refractivity contribution in [3.05, 3.63) is 77.7 Å². The van der Waals surface area contributed by atoms with Crippen LogP contribution >= 0.6 is 0 Å². The van der Waals surface area contributed by atoms with Crippen LogP contribution in [0.1, 0.15) is 53.6 Å². The maximum absolute atomic E-state index is 14.1. The van der Waals surface area contributed by atoms with Crippen LogP contribution in [0, 0.1) is 6.92 Å². The lowest BCUT2D eigenvalue weighted by molar-refractivity contribution is -0.192. The van der Waals surface area contributed by atoms with Gasteiger partial charge in [0.25, 0.3) is 5.91 Å². The average Bonchev–Trinajstić information content (AvgIpc) is 3.31. The quantitative estimate of drug-likeness (QED) is 0.412. The number of aliphatic carboxylic acids is 1. The molecule has 1 saturated carbocycles. The highest BCUT2D eigenvalue weighted by atomic mass is 19.4. The Kier molecular flexibility index (Phi) is 9.82. The van der Waals surface area contributed by atoms with Crippen molar-refractivity contribution in [3.63, 3.8) is 0 Å². The number of benzene rings is 2. The van der Waals surface area contributed by atoms with E-state index >= 15 is 0 Å². The van der Waals surface area contributed by atoms with Crippen LogP contribution in [0.15, 0.2) is 60.7 Å². The minimum atomic E-state index is -5.08. The fourth-order valence-corrected chi connectivity index (χ4v) is 5.60. The number of aromatic nitrogens is 2. The predicted molar refractivity (Wildman–Crippen MR) is 147 cm³/mol. The molecule has 0 unspecified atom stereocenters. The van der Waals surface area contributed by atoms with Gasteiger partial charge in [-0.1, -0.05) is 73.5 Å². The molecule has 3 N–H and O–H groups in total. The Bertz CT molecular complexity index is 1310. The number of rotatable bonds is 5. The Morgan fingerprint density at radius 1 is 1.02 bits per heavy atom. The SMILES string of the molecule is Cc1nc(C(=O)N2CCNC[C@H]2Cc2ccccc2)c(-c2ccccc2)n1[C@@H]1CCCC[C@H]1O.O=C(O)C(F)(F)F. The molecule has 5 rings (SSSR count). The first-order valence-electron chi connectivity index (χ1n) is 13.8. The summed E-state index contributed by atoms with van der Waals surface area (Å²) >= 11 is 0. The van der Waals surface area contributed by atoms with E-state index < -0.39 is 18.2 Å². The molecule has 1 aliphatic heterocycles. The van der Waals surface area contributed by atoms with E-state index in [1.54, 1.807) is 0 Å². The van der Waals surface area contributed by atoms with Gasteiger partial charge in [-0.25, -0.2) is 9.78 Å². The number of nitrogens with one attached hydrogen (secondary N) is 1. The molecule has 3 atom stereocenters. The fraction of sp³-hybridized carbons (Fsp3) is 0.433. The zero-order valence-corrected chi connectivity index (χ0v) is 22.8. The zero-order chi connectivity index (χ0) is 29.6. The number of alkyl halides is 3. The summed E-state index contributed by atoms with van der Waals surface area (Å²) in [6.45, 7) is 4.16. The zero-order valence-electron chi connectivity index (χ0n) is 22.8. The lowest BCUT2D eigenvalue weighted by atomic mass is 9.91. The van der Waals surface area contributed by atoms with Crippen LogP contribution in [0.4, 0.5) is 13.2 Å². The van der Waals surface area contributed by atoms with Crippen LogP contribution in [-0.2, 0) is 11.2 Å². The van der Waals surface area contributed by atoms with Crippen LogP contribution in [0.3, 0.4) is 0 Å². The van der Waals surface area contributed by atoms with Crippen molar-refractivity contribution >= 4 is 11.9 Å². The molecule has 0 bridgehead atoms. The topological polar surface area (TPSA) is 108 Å². The smallest absolute Gasteiger partial charge is 0.475 e. The first-order valence-corrected chi connectivity index (χ1v) is 13.8. The Morgan fingerprint density at radius 3 is 2.24 bits per heavy atom. The number of piperazine rings is 1. The van der Waals surface area contributed by atoms with E-state index in [0.717, 1.165) is 62.3 Å². The molecule has 2 aliphatic rings. The minimum absolute atomic E-state index is 0.0200. The molecule has 2 heterocycles. The Morgan fingerprint density at radius 2 is 1.63 bits per heavy atom. The van der Waals surface area contributed by atoms with Crippen molar-refractivity contribution in [1.82, 2.24) is 19.8 Å². The number of carbonyl (C=O) groups excluding carboxylic acids is 1. The van der Waals surface area contributed by atoms with Gasteiger partial charge in [-0.3, -0.25) is 4.79 Å². The van der Waals surface area contributed by atoms with Crippen LogP contribution < -0.4 is 5.32 Å². The molecular weight excluding hydrogens is 537 g/mol. The van der Waals surface area contributed by atoms with Gasteiger partial charge in [0.2, 0.25) is 0 Å². The first-order chi connectivity index (χ1) is 19.6. The van der Waals surface area contributed by atoms with Crippen molar-refractivity contribution in [1.29, 1.82) is 0 Å². The molecular formula is C30H35F3N4O4. The number of carbonyl (C=O) groups is 2. The van der Waals surface area contributed by atoms with E-state index in [2.05, 4.69) is 22.0 Å². The Labute approximate surface area is 236 Å². The molecule has 220 valence electrons. The highest BCUT2D eigenvalue weighted by Gasteiger charge is 2.38. The van der Waals surface area contributed by atoms with Gasteiger partial charge in [0.1, 0.15) is 5.82 Å². The molecule has 11 heteroatoms. The molecule has 41 heavy (non-hydrogen) atoms. The van der Waals surface area contributed by atoms with Gasteiger partial charge in [0.15, 0.2) is 5.69 Å². The molecule has 2 aromatic carbocycles. The summed E-state index contributed by atoms with van der Waals surface area (Å²) < 4.78 is 33.9. The van der Waals surface area contributed by atoms with Crippen LogP contribution in [0.2, 0.25) is 0 Å². The highest BCUT2D eigenvalue weighted by Crippen LogP contribution is 2.36. The van der Waals surface area contributed by atoms with E-state index in [-0.39, 0.29) is 18.0 Å².